The number of nitrogens with one attached hydrogen (secondary N) is 3. The molecule has 0 bridgehead atoms. The van der Waals surface area contributed by atoms with Crippen LogP contribution in [0, 0.1) is 20.8 Å². The van der Waals surface area contributed by atoms with Crippen molar-refractivity contribution in [2.75, 3.05) is 14.8 Å². The summed E-state index contributed by atoms with van der Waals surface area (Å²) in [6.45, 7) is 5.56. The lowest BCUT2D eigenvalue weighted by Crippen LogP contribution is -2.17. The molecule has 0 unspecified atom stereocenters. The molecule has 0 saturated carbocycles. The van der Waals surface area contributed by atoms with Crippen molar-refractivity contribution in [1.29, 1.82) is 0 Å². The van der Waals surface area contributed by atoms with Gasteiger partial charge >= 0.3 is 0 Å². The molecule has 202 valence electrons. The van der Waals surface area contributed by atoms with Crippen LogP contribution in [0.5, 0.6) is 0 Å². The smallest absolute Gasteiger partial charge is 0.263 e. The molecule has 4 aromatic rings. The van der Waals surface area contributed by atoms with Gasteiger partial charge in [0.25, 0.3) is 26.0 Å². The fraction of sp³-hybridized carbons (Fsp3) is 0.107. The van der Waals surface area contributed by atoms with Crippen LogP contribution in [0.15, 0.2) is 94.7 Å². The number of hydrogen-bond acceptors (Lipinski definition) is 5. The van der Waals surface area contributed by atoms with Crippen LogP contribution in [0.3, 0.4) is 0 Å². The minimum atomic E-state index is -4.09. The van der Waals surface area contributed by atoms with Crippen LogP contribution in [0.1, 0.15) is 27.0 Å². The number of carbonyl (C=O) groups excluding carboxylic acids is 1. The quantitative estimate of drug-likeness (QED) is 0.231. The molecule has 0 atom stereocenters. The predicted molar refractivity (Wildman–Crippen MR) is 155 cm³/mol. The van der Waals surface area contributed by atoms with Crippen molar-refractivity contribution < 1.29 is 21.6 Å². The van der Waals surface area contributed by atoms with Crippen molar-refractivity contribution in [3.63, 3.8) is 0 Å². The van der Waals surface area contributed by atoms with E-state index in [2.05, 4.69) is 14.8 Å². The van der Waals surface area contributed by atoms with Gasteiger partial charge in [0.05, 0.1) is 9.92 Å². The highest BCUT2D eigenvalue weighted by molar-refractivity contribution is 7.93. The molecule has 0 radical (unpaired) electrons. The summed E-state index contributed by atoms with van der Waals surface area (Å²) in [4.78, 5) is 12.7. The fourth-order valence-electron chi connectivity index (χ4n) is 3.94. The highest BCUT2D eigenvalue weighted by Gasteiger charge is 2.21. The zero-order valence-corrected chi connectivity index (χ0v) is 23.7. The molecule has 3 N–H and O–H groups in total. The molecule has 0 aliphatic rings. The number of rotatable bonds is 8. The second-order valence-corrected chi connectivity index (χ2v) is 12.8. The molecule has 39 heavy (non-hydrogen) atoms. The first-order chi connectivity index (χ1) is 18.3. The lowest BCUT2D eigenvalue weighted by atomic mass is 10.1. The minimum Gasteiger partial charge on any atom is -0.322 e. The van der Waals surface area contributed by atoms with E-state index in [1.54, 1.807) is 30.3 Å². The molecule has 0 saturated heterocycles. The van der Waals surface area contributed by atoms with E-state index in [0.717, 1.165) is 16.7 Å². The number of halogens is 1. The first-order valence-electron chi connectivity index (χ1n) is 11.7. The largest absolute Gasteiger partial charge is 0.322 e. The van der Waals surface area contributed by atoms with Gasteiger partial charge < -0.3 is 5.32 Å². The normalized spacial score (nSPS) is 11.6. The van der Waals surface area contributed by atoms with E-state index in [9.17, 15) is 21.6 Å². The summed E-state index contributed by atoms with van der Waals surface area (Å²) in [6, 6.07) is 21.8. The first-order valence-corrected chi connectivity index (χ1v) is 15.1. The van der Waals surface area contributed by atoms with Crippen molar-refractivity contribution in [2.45, 2.75) is 30.6 Å². The van der Waals surface area contributed by atoms with Crippen molar-refractivity contribution in [3.05, 3.63) is 112 Å². The Hall–Kier alpha value is -3.86. The number of hydrogen-bond donors (Lipinski definition) is 3. The predicted octanol–water partition coefficient (Wildman–Crippen LogP) is 6.12. The number of anilines is 3. The van der Waals surface area contributed by atoms with Gasteiger partial charge in [-0.25, -0.2) is 16.8 Å². The van der Waals surface area contributed by atoms with Gasteiger partial charge in [-0.1, -0.05) is 29.8 Å². The van der Waals surface area contributed by atoms with Crippen molar-refractivity contribution in [1.82, 2.24) is 0 Å². The van der Waals surface area contributed by atoms with Crippen LogP contribution >= 0.6 is 11.6 Å². The zero-order chi connectivity index (χ0) is 28.4. The standard InChI is InChI=1S/C28H26ClN3O5S2/c1-18-5-4-6-23(14-18)31-38(34,35)25-10-8-22(9-11-25)30-28(33)21-7-12-26(29)27(17-21)39(36,37)32-24-15-19(2)13-20(3)16-24/h4-17,31-32H,1-3H3,(H,30,33). The molecule has 0 aromatic heterocycles. The summed E-state index contributed by atoms with van der Waals surface area (Å²) in [5.41, 5.74) is 3.87. The van der Waals surface area contributed by atoms with Gasteiger partial charge in [0.15, 0.2) is 0 Å². The first kappa shape index (κ1) is 28.2. The van der Waals surface area contributed by atoms with Gasteiger partial charge in [-0.15, -0.1) is 0 Å². The lowest BCUT2D eigenvalue weighted by molar-refractivity contribution is 0.102. The average Bonchev–Trinajstić information content (AvgIpc) is 2.83. The third kappa shape index (κ3) is 6.97. The van der Waals surface area contributed by atoms with Crippen molar-refractivity contribution in [2.24, 2.45) is 0 Å². The molecule has 1 amide bonds. The molecular formula is C28H26ClN3O5S2. The highest BCUT2D eigenvalue weighted by Crippen LogP contribution is 2.27. The molecule has 0 aliphatic carbocycles. The number of aryl methyl sites for hydroxylation is 3. The molecule has 4 rings (SSSR count). The Morgan fingerprint density at radius 2 is 1.26 bits per heavy atom. The fourth-order valence-corrected chi connectivity index (χ4v) is 6.55. The molecule has 11 heteroatoms. The monoisotopic (exact) mass is 583 g/mol. The van der Waals surface area contributed by atoms with E-state index in [4.69, 9.17) is 11.6 Å². The summed E-state index contributed by atoms with van der Waals surface area (Å²) in [7, 11) is -7.93. The van der Waals surface area contributed by atoms with Crippen LogP contribution in [0.2, 0.25) is 5.02 Å². The number of benzene rings is 4. The SMILES string of the molecule is Cc1cccc(NS(=O)(=O)c2ccc(NC(=O)c3ccc(Cl)c(S(=O)(=O)Nc4cc(C)cc(C)c4)c3)cc2)c1. The van der Waals surface area contributed by atoms with Crippen molar-refractivity contribution >= 4 is 54.6 Å². The van der Waals surface area contributed by atoms with Gasteiger partial charge in [-0.05, 0) is 104 Å². The molecule has 0 fully saturated rings. The van der Waals surface area contributed by atoms with Crippen molar-refractivity contribution in [3.8, 4) is 0 Å². The highest BCUT2D eigenvalue weighted by atomic mass is 35.5. The molecule has 0 heterocycles. The minimum absolute atomic E-state index is 0.0133. The summed E-state index contributed by atoms with van der Waals surface area (Å²) in [5.74, 6) is -0.594. The third-order valence-electron chi connectivity index (χ3n) is 5.65. The van der Waals surface area contributed by atoms with E-state index < -0.39 is 26.0 Å². The zero-order valence-electron chi connectivity index (χ0n) is 21.3. The Labute approximate surface area is 233 Å². The second-order valence-electron chi connectivity index (χ2n) is 9.08. The van der Waals surface area contributed by atoms with Gasteiger partial charge in [-0.2, -0.15) is 0 Å². The molecular weight excluding hydrogens is 558 g/mol. The van der Waals surface area contributed by atoms with E-state index in [0.29, 0.717) is 17.1 Å². The Kier molecular flexibility index (Phi) is 8.01. The van der Waals surface area contributed by atoms with Gasteiger partial charge in [0.2, 0.25) is 0 Å². The molecule has 4 aromatic carbocycles. The van der Waals surface area contributed by atoms with E-state index in [1.807, 2.05) is 32.9 Å². The number of amides is 1. The second kappa shape index (κ2) is 11.1. The van der Waals surface area contributed by atoms with Gasteiger partial charge in [0, 0.05) is 22.6 Å². The molecule has 0 aliphatic heterocycles. The average molecular weight is 584 g/mol. The maximum Gasteiger partial charge on any atom is 0.263 e. The van der Waals surface area contributed by atoms with Gasteiger partial charge in [0.1, 0.15) is 4.90 Å². The molecule has 0 spiro atoms. The summed E-state index contributed by atoms with van der Waals surface area (Å²) in [5, 5.41) is 2.60. The summed E-state index contributed by atoms with van der Waals surface area (Å²) < 4.78 is 56.6. The van der Waals surface area contributed by atoms with E-state index >= 15 is 0 Å². The number of sulfonamides is 2. The maximum absolute atomic E-state index is 13.1. The van der Waals surface area contributed by atoms with Crippen LogP contribution in [0.4, 0.5) is 17.1 Å². The number of carbonyl (C=O) groups is 1. The third-order valence-corrected chi connectivity index (χ3v) is 8.91. The van der Waals surface area contributed by atoms with Crippen LogP contribution in [-0.2, 0) is 20.0 Å². The Morgan fingerprint density at radius 1 is 0.641 bits per heavy atom. The summed E-state index contributed by atoms with van der Waals surface area (Å²) in [6.07, 6.45) is 0. The van der Waals surface area contributed by atoms with Gasteiger partial charge in [-0.3, -0.25) is 14.2 Å². The Morgan fingerprint density at radius 3 is 1.90 bits per heavy atom. The maximum atomic E-state index is 13.1. The topological polar surface area (TPSA) is 121 Å². The Balaban J connectivity index is 1.50. The lowest BCUT2D eigenvalue weighted by Gasteiger charge is -2.13. The van der Waals surface area contributed by atoms with Crippen LogP contribution in [-0.4, -0.2) is 22.7 Å². The van der Waals surface area contributed by atoms with E-state index in [1.165, 1.54) is 42.5 Å². The Bertz CT molecular complexity index is 1750. The van der Waals surface area contributed by atoms with Crippen LogP contribution < -0.4 is 14.8 Å². The van der Waals surface area contributed by atoms with Crippen LogP contribution in [0.25, 0.3) is 0 Å². The molecule has 8 nitrogen and oxygen atoms in total. The summed E-state index contributed by atoms with van der Waals surface area (Å²) >= 11 is 6.19. The van der Waals surface area contributed by atoms with E-state index in [-0.39, 0.29) is 20.4 Å².